The normalized spacial score (nSPS) is 14.5. The minimum absolute atomic E-state index is 0.890. The zero-order valence-electron chi connectivity index (χ0n) is 16.5. The van der Waals surface area contributed by atoms with Crippen molar-refractivity contribution in [1.29, 1.82) is 0 Å². The van der Waals surface area contributed by atoms with Crippen molar-refractivity contribution in [2.75, 3.05) is 31.1 Å². The number of aromatic nitrogens is 2. The molecule has 2 N–H and O–H groups in total. The van der Waals surface area contributed by atoms with Crippen LogP contribution in [0.3, 0.4) is 0 Å². The Bertz CT molecular complexity index is 866. The summed E-state index contributed by atoms with van der Waals surface area (Å²) in [7, 11) is 0. The van der Waals surface area contributed by atoms with Crippen molar-refractivity contribution in [3.8, 4) is 0 Å². The van der Waals surface area contributed by atoms with E-state index in [9.17, 15) is 26.3 Å². The van der Waals surface area contributed by atoms with E-state index >= 15 is 0 Å². The summed E-state index contributed by atoms with van der Waals surface area (Å²) in [6.07, 6.45) is -4.89. The molecule has 33 heavy (non-hydrogen) atoms. The summed E-state index contributed by atoms with van der Waals surface area (Å²) >= 11 is 7.87. The van der Waals surface area contributed by atoms with Crippen molar-refractivity contribution in [2.24, 2.45) is 0 Å². The van der Waals surface area contributed by atoms with Crippen molar-refractivity contribution in [1.82, 2.24) is 14.9 Å². The van der Waals surface area contributed by atoms with E-state index in [0.29, 0.717) is 0 Å². The Hall–Kier alpha value is -2.65. The number of hydrogen-bond acceptors (Lipinski definition) is 7. The Balaban J connectivity index is 0.000000324. The van der Waals surface area contributed by atoms with Crippen LogP contribution in [-0.4, -0.2) is 75.6 Å². The third kappa shape index (κ3) is 10.7. The SMILES string of the molecule is Clc1ccsc1CN1CCN(c2cnccn2)CC1.O=C(O)C(F)(F)F.O=C(O)C(F)(F)F. The molecule has 0 saturated carbocycles. The number of nitrogens with zero attached hydrogens (tertiary/aromatic N) is 4. The summed E-state index contributed by atoms with van der Waals surface area (Å²) < 4.78 is 63.5. The van der Waals surface area contributed by atoms with Gasteiger partial charge >= 0.3 is 24.3 Å². The number of hydrogen-bond donors (Lipinski definition) is 2. The smallest absolute Gasteiger partial charge is 0.475 e. The van der Waals surface area contributed by atoms with Crippen molar-refractivity contribution in [3.05, 3.63) is 39.9 Å². The highest BCUT2D eigenvalue weighted by molar-refractivity contribution is 7.10. The van der Waals surface area contributed by atoms with Gasteiger partial charge in [-0.3, -0.25) is 9.88 Å². The van der Waals surface area contributed by atoms with Crippen LogP contribution in [0.2, 0.25) is 5.02 Å². The minimum Gasteiger partial charge on any atom is -0.475 e. The standard InChI is InChI=1S/C13H15ClN4S.2C2HF3O2/c14-11-1-8-19-12(11)10-17-4-6-18(7-5-17)13-9-15-2-3-16-13;2*3-2(4,5)1(6)7/h1-3,8-9H,4-7,10H2;2*(H,6,7). The second-order valence-corrected chi connectivity index (χ2v) is 7.53. The van der Waals surface area contributed by atoms with Gasteiger partial charge in [0.05, 0.1) is 11.2 Å². The first kappa shape index (κ1) is 28.4. The van der Waals surface area contributed by atoms with E-state index in [4.69, 9.17) is 31.4 Å². The zero-order valence-corrected chi connectivity index (χ0v) is 18.0. The Morgan fingerprint density at radius 2 is 1.52 bits per heavy atom. The number of alkyl halides is 6. The average Bonchev–Trinajstić information content (AvgIpc) is 3.13. The Morgan fingerprint density at radius 1 is 1.00 bits per heavy atom. The summed E-state index contributed by atoms with van der Waals surface area (Å²) in [5.41, 5.74) is 0. The highest BCUT2D eigenvalue weighted by Crippen LogP contribution is 2.24. The lowest BCUT2D eigenvalue weighted by atomic mass is 10.3. The molecule has 2 aromatic rings. The molecule has 1 aliphatic rings. The van der Waals surface area contributed by atoms with E-state index in [1.807, 2.05) is 17.6 Å². The van der Waals surface area contributed by atoms with Gasteiger partial charge in [-0.05, 0) is 11.4 Å². The number of piperazine rings is 1. The van der Waals surface area contributed by atoms with Crippen LogP contribution in [0.4, 0.5) is 32.2 Å². The monoisotopic (exact) mass is 522 g/mol. The van der Waals surface area contributed by atoms with Gasteiger partial charge < -0.3 is 15.1 Å². The molecule has 0 aliphatic carbocycles. The zero-order chi connectivity index (χ0) is 25.2. The van der Waals surface area contributed by atoms with Crippen LogP contribution in [0.25, 0.3) is 0 Å². The van der Waals surface area contributed by atoms with Gasteiger partial charge in [0.15, 0.2) is 0 Å². The van der Waals surface area contributed by atoms with Crippen LogP contribution in [0.15, 0.2) is 30.0 Å². The summed E-state index contributed by atoms with van der Waals surface area (Å²) in [4.78, 5) is 32.2. The molecule has 184 valence electrons. The lowest BCUT2D eigenvalue weighted by molar-refractivity contribution is -0.193. The fourth-order valence-corrected chi connectivity index (χ4v) is 3.37. The molecule has 2 aromatic heterocycles. The summed E-state index contributed by atoms with van der Waals surface area (Å²) in [5, 5.41) is 17.2. The second kappa shape index (κ2) is 12.6. The fourth-order valence-electron chi connectivity index (χ4n) is 2.23. The third-order valence-electron chi connectivity index (χ3n) is 3.79. The molecule has 0 unspecified atom stereocenters. The molecule has 0 spiro atoms. The van der Waals surface area contributed by atoms with Gasteiger partial charge in [0.1, 0.15) is 5.82 Å². The number of rotatable bonds is 3. The van der Waals surface area contributed by atoms with Crippen LogP contribution < -0.4 is 4.90 Å². The largest absolute Gasteiger partial charge is 0.490 e. The molecule has 1 aliphatic heterocycles. The number of carbonyl (C=O) groups is 2. The van der Waals surface area contributed by atoms with Crippen LogP contribution in [0.1, 0.15) is 4.88 Å². The molecule has 1 fully saturated rings. The van der Waals surface area contributed by atoms with Crippen molar-refractivity contribution >= 4 is 40.7 Å². The predicted octanol–water partition coefficient (Wildman–Crippen LogP) is 3.78. The van der Waals surface area contributed by atoms with E-state index in [0.717, 1.165) is 43.6 Å². The third-order valence-corrected chi connectivity index (χ3v) is 5.16. The number of aliphatic carboxylic acids is 2. The topological polar surface area (TPSA) is 107 Å². The maximum Gasteiger partial charge on any atom is 0.490 e. The van der Waals surface area contributed by atoms with Crippen molar-refractivity contribution in [3.63, 3.8) is 0 Å². The van der Waals surface area contributed by atoms with Gasteiger partial charge in [-0.2, -0.15) is 26.3 Å². The molecule has 8 nitrogen and oxygen atoms in total. The van der Waals surface area contributed by atoms with E-state index < -0.39 is 24.3 Å². The first-order valence-corrected chi connectivity index (χ1v) is 10.0. The molecular formula is C17H17ClF6N4O4S. The first-order valence-electron chi connectivity index (χ1n) is 8.77. The lowest BCUT2D eigenvalue weighted by Gasteiger charge is -2.35. The highest BCUT2D eigenvalue weighted by Gasteiger charge is 2.38. The van der Waals surface area contributed by atoms with Gasteiger partial charge in [0.2, 0.25) is 0 Å². The minimum atomic E-state index is -5.08. The molecule has 0 radical (unpaired) electrons. The maximum atomic E-state index is 10.6. The summed E-state index contributed by atoms with van der Waals surface area (Å²) in [5.74, 6) is -4.55. The van der Waals surface area contributed by atoms with Gasteiger partial charge in [-0.15, -0.1) is 11.3 Å². The molecule has 0 atom stereocenters. The van der Waals surface area contributed by atoms with E-state index in [1.165, 1.54) is 4.88 Å². The quantitative estimate of drug-likeness (QED) is 0.587. The maximum absolute atomic E-state index is 10.6. The predicted molar refractivity (Wildman–Crippen MR) is 106 cm³/mol. The second-order valence-electron chi connectivity index (χ2n) is 6.12. The molecule has 3 heterocycles. The first-order chi connectivity index (χ1) is 15.2. The molecule has 16 heteroatoms. The van der Waals surface area contributed by atoms with E-state index in [2.05, 4.69) is 19.8 Å². The van der Waals surface area contributed by atoms with Crippen LogP contribution >= 0.6 is 22.9 Å². The summed E-state index contributed by atoms with van der Waals surface area (Å²) in [6, 6.07) is 1.97. The number of thiophene rings is 1. The van der Waals surface area contributed by atoms with Gasteiger partial charge in [0.25, 0.3) is 0 Å². The lowest BCUT2D eigenvalue weighted by Crippen LogP contribution is -2.46. The number of carboxylic acids is 2. The highest BCUT2D eigenvalue weighted by atomic mass is 35.5. The van der Waals surface area contributed by atoms with Crippen LogP contribution in [0.5, 0.6) is 0 Å². The molecule has 0 aromatic carbocycles. The van der Waals surface area contributed by atoms with Gasteiger partial charge in [-0.1, -0.05) is 11.6 Å². The van der Waals surface area contributed by atoms with E-state index in [-0.39, 0.29) is 0 Å². The Labute approximate surface area is 192 Å². The number of carboxylic acid groups (broad SMARTS) is 2. The number of halogens is 7. The number of anilines is 1. The van der Waals surface area contributed by atoms with E-state index in [1.54, 1.807) is 23.7 Å². The molecular weight excluding hydrogens is 506 g/mol. The van der Waals surface area contributed by atoms with Gasteiger partial charge in [-0.25, -0.2) is 14.6 Å². The molecule has 0 bridgehead atoms. The molecule has 1 saturated heterocycles. The van der Waals surface area contributed by atoms with Crippen LogP contribution in [0, 0.1) is 0 Å². The van der Waals surface area contributed by atoms with Crippen molar-refractivity contribution in [2.45, 2.75) is 18.9 Å². The Morgan fingerprint density at radius 3 is 1.88 bits per heavy atom. The fraction of sp³-hybridized carbons (Fsp3) is 0.412. The average molecular weight is 523 g/mol. The van der Waals surface area contributed by atoms with Crippen LogP contribution in [-0.2, 0) is 16.1 Å². The molecule has 3 rings (SSSR count). The molecule has 0 amide bonds. The van der Waals surface area contributed by atoms with Crippen molar-refractivity contribution < 1.29 is 46.1 Å². The van der Waals surface area contributed by atoms with Gasteiger partial charge in [0, 0.05) is 50.0 Å². The summed E-state index contributed by atoms with van der Waals surface area (Å²) in [6.45, 7) is 4.99. The Kier molecular flexibility index (Phi) is 10.8.